The summed E-state index contributed by atoms with van der Waals surface area (Å²) in [6.45, 7) is 1.72. The second-order valence-corrected chi connectivity index (χ2v) is 3.47. The Balaban J connectivity index is 2.22. The van der Waals surface area contributed by atoms with Crippen LogP contribution in [0, 0.1) is 5.92 Å². The Morgan fingerprint density at radius 1 is 1.50 bits per heavy atom. The number of amides is 1. The average Bonchev–Trinajstić information content (AvgIpc) is 2.19. The molecule has 14 heavy (non-hydrogen) atoms. The van der Waals surface area contributed by atoms with E-state index in [0.29, 0.717) is 25.6 Å². The Kier molecular flexibility index (Phi) is 4.13. The monoisotopic (exact) mass is 198 g/mol. The average molecular weight is 198 g/mol. The van der Waals surface area contributed by atoms with Crippen LogP contribution in [0.15, 0.2) is 4.99 Å². The van der Waals surface area contributed by atoms with E-state index in [9.17, 15) is 9.59 Å². The maximum absolute atomic E-state index is 10.6. The van der Waals surface area contributed by atoms with Crippen molar-refractivity contribution in [1.29, 1.82) is 0 Å². The summed E-state index contributed by atoms with van der Waals surface area (Å²) in [7, 11) is 0. The molecular formula is C9H14N2O3. The summed E-state index contributed by atoms with van der Waals surface area (Å²) in [6.07, 6.45) is 3.28. The van der Waals surface area contributed by atoms with Crippen LogP contribution in [0.4, 0.5) is 4.79 Å². The fourth-order valence-electron chi connectivity index (χ4n) is 1.71. The number of piperidine rings is 1. The fourth-order valence-corrected chi connectivity index (χ4v) is 1.71. The molecule has 0 bridgehead atoms. The Hall–Kier alpha value is -1.35. The van der Waals surface area contributed by atoms with Gasteiger partial charge < -0.3 is 10.0 Å². The molecule has 1 saturated heterocycles. The predicted octanol–water partition coefficient (Wildman–Crippen LogP) is 1.10. The van der Waals surface area contributed by atoms with Crippen molar-refractivity contribution in [2.75, 3.05) is 19.6 Å². The Morgan fingerprint density at radius 3 is 2.64 bits per heavy atom. The Bertz CT molecular complexity index is 240. The number of carbonyl (C=O) groups excluding carboxylic acids is 1. The molecule has 78 valence electrons. The van der Waals surface area contributed by atoms with E-state index in [4.69, 9.17) is 5.11 Å². The van der Waals surface area contributed by atoms with Crippen molar-refractivity contribution >= 4 is 12.2 Å². The summed E-state index contributed by atoms with van der Waals surface area (Å²) < 4.78 is 0. The largest absolute Gasteiger partial charge is 0.465 e. The van der Waals surface area contributed by atoms with Gasteiger partial charge in [0.1, 0.15) is 0 Å². The number of aliphatic imine (C=N–C) groups is 1. The summed E-state index contributed by atoms with van der Waals surface area (Å²) >= 11 is 0. The molecule has 1 rings (SSSR count). The van der Waals surface area contributed by atoms with Crippen LogP contribution < -0.4 is 0 Å². The van der Waals surface area contributed by atoms with Gasteiger partial charge in [-0.05, 0) is 25.2 Å². The fraction of sp³-hybridized carbons (Fsp3) is 0.778. The lowest BCUT2D eigenvalue weighted by Crippen LogP contribution is -2.37. The second kappa shape index (κ2) is 5.40. The molecule has 5 heteroatoms. The van der Waals surface area contributed by atoms with E-state index in [1.165, 1.54) is 11.0 Å². The van der Waals surface area contributed by atoms with E-state index < -0.39 is 6.09 Å². The van der Waals surface area contributed by atoms with Crippen LogP contribution in [-0.2, 0) is 4.79 Å². The number of carboxylic acid groups (broad SMARTS) is 1. The zero-order valence-corrected chi connectivity index (χ0v) is 7.98. The van der Waals surface area contributed by atoms with Crippen molar-refractivity contribution in [3.63, 3.8) is 0 Å². The molecule has 0 atom stereocenters. The number of likely N-dealkylation sites (tertiary alicyclic amines) is 1. The lowest BCUT2D eigenvalue weighted by Gasteiger charge is -2.29. The van der Waals surface area contributed by atoms with Gasteiger partial charge >= 0.3 is 6.09 Å². The maximum Gasteiger partial charge on any atom is 0.407 e. The molecule has 1 aliphatic rings. The first-order chi connectivity index (χ1) is 6.74. The van der Waals surface area contributed by atoms with Crippen molar-refractivity contribution in [2.24, 2.45) is 10.9 Å². The minimum absolute atomic E-state index is 0.502. The number of hydrogen-bond donors (Lipinski definition) is 1. The van der Waals surface area contributed by atoms with Gasteiger partial charge in [0, 0.05) is 13.1 Å². The third-order valence-electron chi connectivity index (χ3n) is 2.60. The molecule has 0 unspecified atom stereocenters. The van der Waals surface area contributed by atoms with E-state index in [2.05, 4.69) is 4.99 Å². The Morgan fingerprint density at radius 2 is 2.14 bits per heavy atom. The summed E-state index contributed by atoms with van der Waals surface area (Å²) in [5, 5.41) is 8.69. The van der Waals surface area contributed by atoms with Crippen LogP contribution in [-0.4, -0.2) is 41.8 Å². The lowest BCUT2D eigenvalue weighted by atomic mass is 9.94. The molecule has 1 fully saturated rings. The van der Waals surface area contributed by atoms with Crippen molar-refractivity contribution < 1.29 is 14.7 Å². The molecule has 0 spiro atoms. The van der Waals surface area contributed by atoms with E-state index in [1.807, 2.05) is 0 Å². The van der Waals surface area contributed by atoms with Crippen LogP contribution in [0.5, 0.6) is 0 Å². The molecule has 0 aromatic heterocycles. The number of isocyanates is 1. The van der Waals surface area contributed by atoms with Crippen LogP contribution in [0.3, 0.4) is 0 Å². The molecule has 0 saturated carbocycles. The van der Waals surface area contributed by atoms with Gasteiger partial charge in [0.25, 0.3) is 0 Å². The molecule has 1 aliphatic heterocycles. The highest BCUT2D eigenvalue weighted by molar-refractivity contribution is 5.64. The van der Waals surface area contributed by atoms with Crippen molar-refractivity contribution in [1.82, 2.24) is 4.90 Å². The van der Waals surface area contributed by atoms with E-state index in [-0.39, 0.29) is 0 Å². The van der Waals surface area contributed by atoms with Gasteiger partial charge in [0.05, 0.1) is 6.54 Å². The van der Waals surface area contributed by atoms with Crippen LogP contribution >= 0.6 is 0 Å². The smallest absolute Gasteiger partial charge is 0.407 e. The molecule has 0 aromatic carbocycles. The molecule has 5 nitrogen and oxygen atoms in total. The number of hydrogen-bond acceptors (Lipinski definition) is 3. The molecule has 1 amide bonds. The molecule has 1 N–H and O–H groups in total. The normalized spacial score (nSPS) is 17.6. The molecule has 0 aromatic rings. The lowest BCUT2D eigenvalue weighted by molar-refractivity contribution is 0.123. The maximum atomic E-state index is 10.6. The van der Waals surface area contributed by atoms with Gasteiger partial charge in [-0.25, -0.2) is 14.6 Å². The van der Waals surface area contributed by atoms with Crippen molar-refractivity contribution in [3.8, 4) is 0 Å². The minimum Gasteiger partial charge on any atom is -0.465 e. The van der Waals surface area contributed by atoms with Gasteiger partial charge in [-0.15, -0.1) is 0 Å². The van der Waals surface area contributed by atoms with E-state index >= 15 is 0 Å². The number of carbonyl (C=O) groups is 1. The van der Waals surface area contributed by atoms with Gasteiger partial charge in [0.2, 0.25) is 6.08 Å². The van der Waals surface area contributed by atoms with Crippen LogP contribution in [0.2, 0.25) is 0 Å². The highest BCUT2D eigenvalue weighted by Gasteiger charge is 2.21. The zero-order chi connectivity index (χ0) is 10.4. The van der Waals surface area contributed by atoms with E-state index in [1.54, 1.807) is 0 Å². The number of rotatable bonds is 3. The SMILES string of the molecule is O=C=NCCC1CCN(C(=O)O)CC1. The van der Waals surface area contributed by atoms with Gasteiger partial charge in [-0.1, -0.05) is 0 Å². The van der Waals surface area contributed by atoms with Crippen molar-refractivity contribution in [3.05, 3.63) is 0 Å². The molecule has 0 aliphatic carbocycles. The predicted molar refractivity (Wildman–Crippen MR) is 49.9 cm³/mol. The summed E-state index contributed by atoms with van der Waals surface area (Å²) in [5.74, 6) is 0.502. The van der Waals surface area contributed by atoms with Crippen LogP contribution in [0.1, 0.15) is 19.3 Å². The second-order valence-electron chi connectivity index (χ2n) is 3.47. The highest BCUT2D eigenvalue weighted by Crippen LogP contribution is 2.20. The van der Waals surface area contributed by atoms with Crippen LogP contribution in [0.25, 0.3) is 0 Å². The first-order valence-electron chi connectivity index (χ1n) is 4.75. The topological polar surface area (TPSA) is 70.0 Å². The third kappa shape index (κ3) is 3.18. The minimum atomic E-state index is -0.839. The first-order valence-corrected chi connectivity index (χ1v) is 4.75. The summed E-state index contributed by atoms with van der Waals surface area (Å²) in [4.78, 5) is 25.3. The summed E-state index contributed by atoms with van der Waals surface area (Å²) in [6, 6.07) is 0. The van der Waals surface area contributed by atoms with Gasteiger partial charge in [-0.3, -0.25) is 0 Å². The summed E-state index contributed by atoms with van der Waals surface area (Å²) in [5.41, 5.74) is 0. The molecule has 1 heterocycles. The molecular weight excluding hydrogens is 184 g/mol. The van der Waals surface area contributed by atoms with Gasteiger partial charge in [-0.2, -0.15) is 0 Å². The van der Waals surface area contributed by atoms with Gasteiger partial charge in [0.15, 0.2) is 0 Å². The Labute approximate surface area is 82.4 Å². The van der Waals surface area contributed by atoms with Crippen molar-refractivity contribution in [2.45, 2.75) is 19.3 Å². The quantitative estimate of drug-likeness (QED) is 0.545. The third-order valence-corrected chi connectivity index (χ3v) is 2.60. The highest BCUT2D eigenvalue weighted by atomic mass is 16.4. The first kappa shape index (κ1) is 10.7. The zero-order valence-electron chi connectivity index (χ0n) is 7.98. The molecule has 0 radical (unpaired) electrons. The number of nitrogens with zero attached hydrogens (tertiary/aromatic N) is 2. The van der Waals surface area contributed by atoms with E-state index in [0.717, 1.165) is 19.3 Å². The standard InChI is InChI=1S/C9H14N2O3/c12-7-10-4-1-8-2-5-11(6-3-8)9(13)14/h8H,1-6H2,(H,13,14).